The summed E-state index contributed by atoms with van der Waals surface area (Å²) < 4.78 is 0. The number of aromatic amines is 1. The van der Waals surface area contributed by atoms with Crippen molar-refractivity contribution in [2.45, 2.75) is 0 Å². The number of fused-ring (bicyclic) bond motifs is 3. The first-order chi connectivity index (χ1) is 13.7. The third-order valence-electron chi connectivity index (χ3n) is 4.73. The first-order valence-electron chi connectivity index (χ1n) is 9.19. The fourth-order valence-electron chi connectivity index (χ4n) is 3.28. The highest BCUT2D eigenvalue weighted by Gasteiger charge is 2.09. The van der Waals surface area contributed by atoms with E-state index in [0.29, 0.717) is 5.46 Å². The lowest BCUT2D eigenvalue weighted by molar-refractivity contribution is 0.426. The molecule has 0 atom stereocenters. The molecule has 4 heteroatoms. The summed E-state index contributed by atoms with van der Waals surface area (Å²) in [7, 11) is -1.39. The predicted molar refractivity (Wildman–Crippen MR) is 118 cm³/mol. The van der Waals surface area contributed by atoms with Crippen LogP contribution < -0.4 is 5.46 Å². The minimum atomic E-state index is -1.39. The molecule has 136 valence electrons. The zero-order valence-corrected chi connectivity index (χ0v) is 15.3. The number of para-hydroxylation sites is 2. The lowest BCUT2D eigenvalue weighted by atomic mass is 9.80. The number of hydrogen-bond donors (Lipinski definition) is 3. The highest BCUT2D eigenvalue weighted by atomic mass is 16.4. The van der Waals surface area contributed by atoms with Gasteiger partial charge in [-0.3, -0.25) is 0 Å². The number of benzene rings is 4. The van der Waals surface area contributed by atoms with E-state index in [1.807, 2.05) is 42.5 Å². The normalized spacial score (nSPS) is 10.5. The number of nitrogens with one attached hydrogen (secondary N) is 1. The summed E-state index contributed by atoms with van der Waals surface area (Å²) in [6, 6.07) is 33.9. The number of aromatic nitrogens is 1. The van der Waals surface area contributed by atoms with Gasteiger partial charge in [-0.15, -0.1) is 0 Å². The van der Waals surface area contributed by atoms with Crippen molar-refractivity contribution >= 4 is 34.4 Å². The van der Waals surface area contributed by atoms with Crippen LogP contribution in [0, 0.1) is 0 Å². The molecule has 1 heterocycles. The van der Waals surface area contributed by atoms with Gasteiger partial charge in [0.05, 0.1) is 0 Å². The molecular formula is C24H20BNO2. The molecule has 0 radical (unpaired) electrons. The van der Waals surface area contributed by atoms with Gasteiger partial charge in [-0.05, 0) is 28.7 Å². The largest absolute Gasteiger partial charge is 0.488 e. The molecular weight excluding hydrogens is 345 g/mol. The zero-order chi connectivity index (χ0) is 19.3. The Kier molecular flexibility index (Phi) is 5.24. The summed E-state index contributed by atoms with van der Waals surface area (Å²) in [5, 5.41) is 20.5. The third kappa shape index (κ3) is 3.84. The van der Waals surface area contributed by atoms with Gasteiger partial charge < -0.3 is 15.0 Å². The fourth-order valence-corrected chi connectivity index (χ4v) is 3.28. The molecule has 0 aliphatic carbocycles. The summed E-state index contributed by atoms with van der Waals surface area (Å²) in [6.45, 7) is 0. The first-order valence-corrected chi connectivity index (χ1v) is 9.19. The maximum Gasteiger partial charge on any atom is 0.488 e. The number of H-pyrrole nitrogens is 1. The molecule has 3 N–H and O–H groups in total. The van der Waals surface area contributed by atoms with Crippen molar-refractivity contribution in [2.24, 2.45) is 0 Å². The monoisotopic (exact) mass is 365 g/mol. The van der Waals surface area contributed by atoms with Gasteiger partial charge in [0.25, 0.3) is 0 Å². The van der Waals surface area contributed by atoms with Crippen molar-refractivity contribution in [3.63, 3.8) is 0 Å². The molecule has 0 saturated carbocycles. The highest BCUT2D eigenvalue weighted by molar-refractivity contribution is 6.58. The molecule has 0 unspecified atom stereocenters. The van der Waals surface area contributed by atoms with Crippen LogP contribution in [0.25, 0.3) is 32.9 Å². The lowest BCUT2D eigenvalue weighted by Crippen LogP contribution is -2.29. The van der Waals surface area contributed by atoms with Crippen LogP contribution in [0.2, 0.25) is 0 Å². The quantitative estimate of drug-likeness (QED) is 0.407. The fraction of sp³-hybridized carbons (Fsp3) is 0. The molecule has 0 amide bonds. The highest BCUT2D eigenvalue weighted by Crippen LogP contribution is 2.24. The minimum absolute atomic E-state index is 0.509. The van der Waals surface area contributed by atoms with Gasteiger partial charge in [0.15, 0.2) is 0 Å². The van der Waals surface area contributed by atoms with Gasteiger partial charge in [0, 0.05) is 21.8 Å². The van der Waals surface area contributed by atoms with E-state index >= 15 is 0 Å². The topological polar surface area (TPSA) is 56.2 Å². The van der Waals surface area contributed by atoms with Crippen LogP contribution in [-0.2, 0) is 0 Å². The van der Waals surface area contributed by atoms with Crippen molar-refractivity contribution in [3.8, 4) is 11.1 Å². The Hall–Kier alpha value is -3.34. The second kappa shape index (κ2) is 8.13. The summed E-state index contributed by atoms with van der Waals surface area (Å²) >= 11 is 0. The van der Waals surface area contributed by atoms with Crippen molar-refractivity contribution < 1.29 is 10.0 Å². The molecule has 0 saturated heterocycles. The van der Waals surface area contributed by atoms with E-state index in [1.165, 1.54) is 21.8 Å². The molecule has 0 fully saturated rings. The number of rotatable bonds is 2. The van der Waals surface area contributed by atoms with Crippen LogP contribution in [0.15, 0.2) is 103 Å². The Morgan fingerprint density at radius 1 is 0.500 bits per heavy atom. The standard InChI is InChI=1S/C12H11BO2.C12H9N/c14-13(15)12-8-6-11(7-9-12)10-4-2-1-3-5-10;1-3-7-11-9(5-1)10-6-2-4-8-12(10)13-11/h1-9,14-15H;1-8,13H. The van der Waals surface area contributed by atoms with E-state index < -0.39 is 7.12 Å². The van der Waals surface area contributed by atoms with Crippen LogP contribution in [0.4, 0.5) is 0 Å². The minimum Gasteiger partial charge on any atom is -0.423 e. The second-order valence-electron chi connectivity index (χ2n) is 6.58. The average Bonchev–Trinajstić information content (AvgIpc) is 3.14. The van der Waals surface area contributed by atoms with Gasteiger partial charge in [0.2, 0.25) is 0 Å². The molecule has 4 aromatic carbocycles. The van der Waals surface area contributed by atoms with Crippen molar-refractivity contribution in [1.29, 1.82) is 0 Å². The Bertz CT molecular complexity index is 1130. The Balaban J connectivity index is 0.000000138. The van der Waals surface area contributed by atoms with Crippen LogP contribution in [0.1, 0.15) is 0 Å². The lowest BCUT2D eigenvalue weighted by Gasteiger charge is -2.03. The van der Waals surface area contributed by atoms with Gasteiger partial charge in [-0.2, -0.15) is 0 Å². The summed E-state index contributed by atoms with van der Waals surface area (Å²) in [6.07, 6.45) is 0. The molecule has 0 bridgehead atoms. The smallest absolute Gasteiger partial charge is 0.423 e. The van der Waals surface area contributed by atoms with Gasteiger partial charge >= 0.3 is 7.12 Å². The van der Waals surface area contributed by atoms with Gasteiger partial charge in [-0.1, -0.05) is 91.0 Å². The molecule has 28 heavy (non-hydrogen) atoms. The molecule has 0 aliphatic rings. The predicted octanol–water partition coefficient (Wildman–Crippen LogP) is 4.35. The Morgan fingerprint density at radius 2 is 0.964 bits per heavy atom. The Morgan fingerprint density at radius 3 is 1.50 bits per heavy atom. The first kappa shape index (κ1) is 18.0. The third-order valence-corrected chi connectivity index (χ3v) is 4.73. The molecule has 5 rings (SSSR count). The van der Waals surface area contributed by atoms with Crippen molar-refractivity contribution in [2.75, 3.05) is 0 Å². The van der Waals surface area contributed by atoms with E-state index in [4.69, 9.17) is 10.0 Å². The Labute approximate surface area is 164 Å². The summed E-state index contributed by atoms with van der Waals surface area (Å²) in [5.74, 6) is 0. The SMILES string of the molecule is OB(O)c1ccc(-c2ccccc2)cc1.c1ccc2c(c1)[nH]c1ccccc12. The van der Waals surface area contributed by atoms with Crippen LogP contribution >= 0.6 is 0 Å². The second-order valence-corrected chi connectivity index (χ2v) is 6.58. The molecule has 0 aliphatic heterocycles. The van der Waals surface area contributed by atoms with Gasteiger partial charge in [0.1, 0.15) is 0 Å². The number of hydrogen-bond acceptors (Lipinski definition) is 2. The van der Waals surface area contributed by atoms with Gasteiger partial charge in [-0.25, -0.2) is 0 Å². The van der Waals surface area contributed by atoms with Crippen molar-refractivity contribution in [1.82, 2.24) is 4.98 Å². The van der Waals surface area contributed by atoms with Crippen LogP contribution in [0.5, 0.6) is 0 Å². The van der Waals surface area contributed by atoms with E-state index in [-0.39, 0.29) is 0 Å². The average molecular weight is 365 g/mol. The van der Waals surface area contributed by atoms with E-state index in [2.05, 4.69) is 53.5 Å². The molecule has 5 aromatic rings. The molecule has 3 nitrogen and oxygen atoms in total. The molecule has 0 spiro atoms. The van der Waals surface area contributed by atoms with Crippen molar-refractivity contribution in [3.05, 3.63) is 103 Å². The van der Waals surface area contributed by atoms with Crippen LogP contribution in [-0.4, -0.2) is 22.2 Å². The van der Waals surface area contributed by atoms with E-state index in [0.717, 1.165) is 11.1 Å². The van der Waals surface area contributed by atoms with Crippen LogP contribution in [0.3, 0.4) is 0 Å². The zero-order valence-electron chi connectivity index (χ0n) is 15.3. The molecule has 1 aromatic heterocycles. The van der Waals surface area contributed by atoms with E-state index in [1.54, 1.807) is 12.1 Å². The van der Waals surface area contributed by atoms with E-state index in [9.17, 15) is 0 Å². The summed E-state index contributed by atoms with van der Waals surface area (Å²) in [5.41, 5.74) is 5.12. The maximum absolute atomic E-state index is 8.94. The maximum atomic E-state index is 8.94. The summed E-state index contributed by atoms with van der Waals surface area (Å²) in [4.78, 5) is 3.38.